The van der Waals surface area contributed by atoms with Crippen LogP contribution >= 0.6 is 12.4 Å². The Bertz CT molecular complexity index is 249. The summed E-state index contributed by atoms with van der Waals surface area (Å²) in [6.45, 7) is 3.85. The molecule has 0 aromatic heterocycles. The zero-order valence-corrected chi connectivity index (χ0v) is 11.8. The van der Waals surface area contributed by atoms with E-state index in [0.29, 0.717) is 0 Å². The van der Waals surface area contributed by atoms with Gasteiger partial charge in [0.05, 0.1) is 0 Å². The number of carboxylic acid groups (broad SMARTS) is 1. The zero-order chi connectivity index (χ0) is 12.1. The minimum absolute atomic E-state index is 0. The Labute approximate surface area is 116 Å². The molecule has 106 valence electrons. The molecule has 5 heteroatoms. The van der Waals surface area contributed by atoms with Gasteiger partial charge in [0.2, 0.25) is 0 Å². The standard InChI is InChI=1S/C13H24N2O2.ClH/c16-13(17)15-9-5-12(6-10-15)2-1-11-3-7-14-8-4-11;/h11-12,14H,1-10H2,(H,16,17);1H. The summed E-state index contributed by atoms with van der Waals surface area (Å²) in [5.74, 6) is 1.68. The third kappa shape index (κ3) is 4.65. The normalized spacial score (nSPS) is 22.6. The van der Waals surface area contributed by atoms with E-state index in [0.717, 1.165) is 37.8 Å². The smallest absolute Gasteiger partial charge is 0.407 e. The van der Waals surface area contributed by atoms with E-state index < -0.39 is 6.09 Å². The number of nitrogens with one attached hydrogen (secondary N) is 1. The number of rotatable bonds is 3. The van der Waals surface area contributed by atoms with Crippen molar-refractivity contribution in [3.63, 3.8) is 0 Å². The molecule has 0 bridgehead atoms. The predicted octanol–water partition coefficient (Wildman–Crippen LogP) is 2.58. The maximum atomic E-state index is 10.8. The summed E-state index contributed by atoms with van der Waals surface area (Å²) in [4.78, 5) is 12.3. The van der Waals surface area contributed by atoms with Crippen molar-refractivity contribution in [1.29, 1.82) is 0 Å². The van der Waals surface area contributed by atoms with E-state index in [1.807, 2.05) is 0 Å². The molecule has 2 saturated heterocycles. The highest BCUT2D eigenvalue weighted by Gasteiger charge is 2.23. The Morgan fingerprint density at radius 3 is 2.06 bits per heavy atom. The first-order chi connectivity index (χ1) is 8.25. The average molecular weight is 277 g/mol. The first-order valence-corrected chi connectivity index (χ1v) is 6.94. The third-order valence-corrected chi connectivity index (χ3v) is 4.33. The van der Waals surface area contributed by atoms with Crippen LogP contribution in [-0.2, 0) is 0 Å². The molecule has 0 unspecified atom stereocenters. The second kappa shape index (κ2) is 7.85. The van der Waals surface area contributed by atoms with Crippen LogP contribution in [0.4, 0.5) is 4.79 Å². The summed E-state index contributed by atoms with van der Waals surface area (Å²) in [6, 6.07) is 0. The van der Waals surface area contributed by atoms with Gasteiger partial charge in [0, 0.05) is 13.1 Å². The molecular formula is C13H25ClN2O2. The van der Waals surface area contributed by atoms with Gasteiger partial charge < -0.3 is 15.3 Å². The summed E-state index contributed by atoms with van der Waals surface area (Å²) in [6.07, 6.45) is 6.69. The van der Waals surface area contributed by atoms with Crippen LogP contribution in [0.15, 0.2) is 0 Å². The van der Waals surface area contributed by atoms with Crippen LogP contribution in [0.1, 0.15) is 38.5 Å². The second-order valence-electron chi connectivity index (χ2n) is 5.48. The van der Waals surface area contributed by atoms with Crippen molar-refractivity contribution in [2.75, 3.05) is 26.2 Å². The molecule has 2 fully saturated rings. The van der Waals surface area contributed by atoms with Gasteiger partial charge in [0.15, 0.2) is 0 Å². The molecule has 2 aliphatic heterocycles. The Morgan fingerprint density at radius 2 is 1.56 bits per heavy atom. The lowest BCUT2D eigenvalue weighted by Crippen LogP contribution is -2.37. The topological polar surface area (TPSA) is 52.6 Å². The monoisotopic (exact) mass is 276 g/mol. The fourth-order valence-electron chi connectivity index (χ4n) is 3.05. The molecule has 0 aromatic rings. The van der Waals surface area contributed by atoms with E-state index in [9.17, 15) is 4.79 Å². The first-order valence-electron chi connectivity index (χ1n) is 6.94. The van der Waals surface area contributed by atoms with E-state index in [1.54, 1.807) is 4.90 Å². The summed E-state index contributed by atoms with van der Waals surface area (Å²) in [5.41, 5.74) is 0. The van der Waals surface area contributed by atoms with Crippen LogP contribution in [0.3, 0.4) is 0 Å². The molecule has 2 aliphatic rings. The van der Waals surface area contributed by atoms with Crippen molar-refractivity contribution in [3.8, 4) is 0 Å². The molecule has 0 saturated carbocycles. The number of hydrogen-bond acceptors (Lipinski definition) is 2. The second-order valence-corrected chi connectivity index (χ2v) is 5.48. The maximum absolute atomic E-state index is 10.8. The Hall–Kier alpha value is -0.480. The van der Waals surface area contributed by atoms with E-state index in [1.165, 1.54) is 38.8 Å². The van der Waals surface area contributed by atoms with Crippen LogP contribution in [0.5, 0.6) is 0 Å². The van der Waals surface area contributed by atoms with Crippen molar-refractivity contribution >= 4 is 18.5 Å². The van der Waals surface area contributed by atoms with Crippen LogP contribution in [0, 0.1) is 11.8 Å². The molecular weight excluding hydrogens is 252 g/mol. The molecule has 18 heavy (non-hydrogen) atoms. The lowest BCUT2D eigenvalue weighted by atomic mass is 9.86. The highest BCUT2D eigenvalue weighted by molar-refractivity contribution is 5.85. The van der Waals surface area contributed by atoms with E-state index in [-0.39, 0.29) is 12.4 Å². The maximum Gasteiger partial charge on any atom is 0.407 e. The number of carbonyl (C=O) groups is 1. The molecule has 1 amide bonds. The lowest BCUT2D eigenvalue weighted by Gasteiger charge is -2.31. The Kier molecular flexibility index (Phi) is 6.79. The summed E-state index contributed by atoms with van der Waals surface area (Å²) in [5, 5.41) is 12.3. The van der Waals surface area contributed by atoms with Gasteiger partial charge in [0.1, 0.15) is 0 Å². The third-order valence-electron chi connectivity index (χ3n) is 4.33. The summed E-state index contributed by atoms with van der Waals surface area (Å²) >= 11 is 0. The van der Waals surface area contributed by atoms with Crippen molar-refractivity contribution in [2.24, 2.45) is 11.8 Å². The quantitative estimate of drug-likeness (QED) is 0.833. The molecule has 2 heterocycles. The van der Waals surface area contributed by atoms with Crippen molar-refractivity contribution in [2.45, 2.75) is 38.5 Å². The number of piperidine rings is 2. The number of amides is 1. The van der Waals surface area contributed by atoms with E-state index >= 15 is 0 Å². The summed E-state index contributed by atoms with van der Waals surface area (Å²) in [7, 11) is 0. The molecule has 0 aliphatic carbocycles. The molecule has 0 radical (unpaired) electrons. The SMILES string of the molecule is Cl.O=C(O)N1CCC(CCC2CCNCC2)CC1. The van der Waals surface area contributed by atoms with Gasteiger partial charge in [-0.2, -0.15) is 0 Å². The van der Waals surface area contributed by atoms with E-state index in [4.69, 9.17) is 5.11 Å². The van der Waals surface area contributed by atoms with Crippen molar-refractivity contribution in [1.82, 2.24) is 10.2 Å². The first kappa shape index (κ1) is 15.6. The number of hydrogen-bond donors (Lipinski definition) is 2. The minimum atomic E-state index is -0.748. The predicted molar refractivity (Wildman–Crippen MR) is 74.4 cm³/mol. The average Bonchev–Trinajstić information content (AvgIpc) is 2.38. The Balaban J connectivity index is 0.00000162. The zero-order valence-electron chi connectivity index (χ0n) is 10.9. The van der Waals surface area contributed by atoms with Gasteiger partial charge in [-0.1, -0.05) is 12.8 Å². The molecule has 0 spiro atoms. The van der Waals surface area contributed by atoms with Gasteiger partial charge in [0.25, 0.3) is 0 Å². The molecule has 2 rings (SSSR count). The van der Waals surface area contributed by atoms with Crippen LogP contribution in [-0.4, -0.2) is 42.3 Å². The van der Waals surface area contributed by atoms with Gasteiger partial charge >= 0.3 is 6.09 Å². The van der Waals surface area contributed by atoms with Gasteiger partial charge in [-0.25, -0.2) is 4.79 Å². The highest BCUT2D eigenvalue weighted by atomic mass is 35.5. The summed E-state index contributed by atoms with van der Waals surface area (Å²) < 4.78 is 0. The number of halogens is 1. The lowest BCUT2D eigenvalue weighted by molar-refractivity contribution is 0.121. The minimum Gasteiger partial charge on any atom is -0.465 e. The van der Waals surface area contributed by atoms with Gasteiger partial charge in [-0.05, 0) is 50.6 Å². The van der Waals surface area contributed by atoms with Crippen LogP contribution < -0.4 is 5.32 Å². The van der Waals surface area contributed by atoms with Gasteiger partial charge in [-0.3, -0.25) is 0 Å². The van der Waals surface area contributed by atoms with Crippen LogP contribution in [0.2, 0.25) is 0 Å². The number of likely N-dealkylation sites (tertiary alicyclic amines) is 1. The highest BCUT2D eigenvalue weighted by Crippen LogP contribution is 2.26. The fourth-order valence-corrected chi connectivity index (χ4v) is 3.05. The van der Waals surface area contributed by atoms with Crippen molar-refractivity contribution < 1.29 is 9.90 Å². The molecule has 2 N–H and O–H groups in total. The molecule has 4 nitrogen and oxygen atoms in total. The fraction of sp³-hybridized carbons (Fsp3) is 0.923. The van der Waals surface area contributed by atoms with Crippen LogP contribution in [0.25, 0.3) is 0 Å². The largest absolute Gasteiger partial charge is 0.465 e. The molecule has 0 aromatic carbocycles. The molecule has 0 atom stereocenters. The van der Waals surface area contributed by atoms with E-state index in [2.05, 4.69) is 5.32 Å². The number of nitrogens with zero attached hydrogens (tertiary/aromatic N) is 1. The van der Waals surface area contributed by atoms with Gasteiger partial charge in [-0.15, -0.1) is 12.4 Å². The Morgan fingerprint density at radius 1 is 1.06 bits per heavy atom. The van der Waals surface area contributed by atoms with Crippen molar-refractivity contribution in [3.05, 3.63) is 0 Å².